The van der Waals surface area contributed by atoms with E-state index in [2.05, 4.69) is 57.7 Å². The van der Waals surface area contributed by atoms with E-state index in [1.165, 1.54) is 63.5 Å². The van der Waals surface area contributed by atoms with Crippen LogP contribution in [0.4, 0.5) is 28.4 Å². The summed E-state index contributed by atoms with van der Waals surface area (Å²) in [5, 5.41) is 16.1. The molecule has 0 spiro atoms. The predicted molar refractivity (Wildman–Crippen MR) is 262 cm³/mol. The molecule has 10 rings (SSSR count). The first kappa shape index (κ1) is 46.5. The van der Waals surface area contributed by atoms with E-state index in [1.54, 1.807) is 17.2 Å². The highest BCUT2D eigenvalue weighted by Gasteiger charge is 2.57. The van der Waals surface area contributed by atoms with Crippen molar-refractivity contribution in [3.63, 3.8) is 0 Å². The molecule has 364 valence electrons. The highest BCUT2D eigenvalue weighted by molar-refractivity contribution is 7.90. The van der Waals surface area contributed by atoms with Gasteiger partial charge in [0, 0.05) is 74.7 Å². The van der Waals surface area contributed by atoms with Crippen molar-refractivity contribution in [2.45, 2.75) is 88.2 Å². The first-order valence-corrected chi connectivity index (χ1v) is 25.8. The van der Waals surface area contributed by atoms with Crippen LogP contribution in [0.25, 0.3) is 11.0 Å². The first-order chi connectivity index (χ1) is 32.6. The molecule has 4 fully saturated rings. The van der Waals surface area contributed by atoms with Gasteiger partial charge in [0.1, 0.15) is 17.0 Å². The summed E-state index contributed by atoms with van der Waals surface area (Å²) in [7, 11) is -0.0332. The van der Waals surface area contributed by atoms with Crippen LogP contribution in [0.5, 0.6) is 5.88 Å². The Morgan fingerprint density at radius 1 is 0.971 bits per heavy atom. The predicted octanol–water partition coefficient (Wildman–Crippen LogP) is 7.23. The number of nitro groups is 1. The number of pyridine rings is 1. The molecule has 2 saturated carbocycles. The number of carbonyl (C=O) groups excluding carboxylic acids is 1. The number of nitrogens with one attached hydrogen (secondary N) is 3. The number of amides is 1. The van der Waals surface area contributed by atoms with Crippen LogP contribution in [0.2, 0.25) is 0 Å². The second-order valence-electron chi connectivity index (χ2n) is 20.9. The minimum atomic E-state index is -4.59. The number of sulfonamides is 1. The number of nitro benzene ring substituents is 1. The van der Waals surface area contributed by atoms with Gasteiger partial charge in [-0.05, 0) is 125 Å². The molecule has 1 atom stereocenters. The Kier molecular flexibility index (Phi) is 12.5. The average Bonchev–Trinajstić information content (AvgIpc) is 4.03. The second-order valence-corrected chi connectivity index (χ2v) is 22.5. The molecule has 5 heterocycles. The number of rotatable bonds is 13. The van der Waals surface area contributed by atoms with Gasteiger partial charge in [-0.2, -0.15) is 4.98 Å². The summed E-state index contributed by atoms with van der Waals surface area (Å²) in [5.74, 6) is -0.467. The number of nitrogens with zero attached hydrogens (tertiary/aromatic N) is 6. The number of aromatic nitrogens is 2. The van der Waals surface area contributed by atoms with Crippen LogP contribution in [0.1, 0.15) is 82.0 Å². The van der Waals surface area contributed by atoms with Gasteiger partial charge in [-0.3, -0.25) is 19.8 Å². The SMILES string of the molecule is CN(C)C12CCC(C3=C(CN4CCN(c5ccc(C(=O)NS(=O)(=O)c6ccc(NCC7COCCO7)c([N+](=O)[O-])c6)c(N6CCCOc7nc8[nH]ccc8cc76)c5)CC4)CCC(C)(C)C3)(CC1)C2. The summed E-state index contributed by atoms with van der Waals surface area (Å²) in [6.07, 6.45) is 12.2. The second kappa shape index (κ2) is 18.2. The summed E-state index contributed by atoms with van der Waals surface area (Å²) >= 11 is 0. The van der Waals surface area contributed by atoms with E-state index in [0.29, 0.717) is 78.7 Å². The van der Waals surface area contributed by atoms with Gasteiger partial charge < -0.3 is 39.2 Å². The lowest BCUT2D eigenvalue weighted by atomic mass is 9.64. The number of carbonyl (C=O) groups is 1. The maximum Gasteiger partial charge on any atom is 0.293 e. The average molecular weight is 952 g/mol. The van der Waals surface area contributed by atoms with Gasteiger partial charge in [0.05, 0.1) is 53.6 Å². The van der Waals surface area contributed by atoms with Crippen LogP contribution in [-0.2, 0) is 19.5 Å². The van der Waals surface area contributed by atoms with Crippen molar-refractivity contribution in [1.82, 2.24) is 24.5 Å². The standard InChI is InChI=1S/C50H65N9O8S/c1-48(2)12-10-35(40(29-48)49-13-15-50(33-49,16-14-49)55(3)4)31-56-19-21-57(22-20-56)36-6-8-39(42(27-36)58-18-5-23-67-47-44(58)26-34-11-17-51-45(34)53-47)46(60)54-68(63,64)38-7-9-41(43(28-38)59(61)62)52-30-37-32-65-24-25-66-37/h6-9,11,17,26-28,37,52H,5,10,12-16,18-25,29-33H2,1-4H3,(H,51,53)(H,54,60). The van der Waals surface area contributed by atoms with Crippen LogP contribution in [0, 0.1) is 20.9 Å². The molecule has 6 aliphatic rings. The zero-order valence-corrected chi connectivity index (χ0v) is 40.6. The van der Waals surface area contributed by atoms with Gasteiger partial charge in [-0.1, -0.05) is 25.0 Å². The summed E-state index contributed by atoms with van der Waals surface area (Å²) in [4.78, 5) is 43.0. The van der Waals surface area contributed by atoms with Crippen molar-refractivity contribution in [3.8, 4) is 5.88 Å². The third kappa shape index (κ3) is 9.05. The molecule has 2 bridgehead atoms. The number of hydrogen-bond acceptors (Lipinski definition) is 14. The zero-order chi connectivity index (χ0) is 47.4. The van der Waals surface area contributed by atoms with E-state index in [0.717, 1.165) is 49.9 Å². The number of anilines is 4. The molecular formula is C50H65N9O8S. The molecule has 0 radical (unpaired) electrons. The number of aromatic amines is 1. The Morgan fingerprint density at radius 3 is 2.51 bits per heavy atom. The van der Waals surface area contributed by atoms with Gasteiger partial charge in [-0.25, -0.2) is 13.1 Å². The number of piperazine rings is 1. The molecule has 18 heteroatoms. The highest BCUT2D eigenvalue weighted by atomic mass is 32.2. The fourth-order valence-electron chi connectivity index (χ4n) is 11.9. The number of benzene rings is 2. The number of fused-ring (bicyclic) bond motifs is 4. The summed E-state index contributed by atoms with van der Waals surface area (Å²) in [6, 6.07) is 13.0. The molecular weight excluding hydrogens is 887 g/mol. The fraction of sp³-hybridized carbons (Fsp3) is 0.560. The summed E-state index contributed by atoms with van der Waals surface area (Å²) in [5.41, 5.74) is 6.98. The number of hydrogen-bond donors (Lipinski definition) is 3. The molecule has 2 aromatic carbocycles. The lowest BCUT2D eigenvalue weighted by Crippen LogP contribution is -2.47. The van der Waals surface area contributed by atoms with Crippen molar-refractivity contribution in [2.75, 3.05) is 101 Å². The number of H-pyrrole nitrogens is 1. The largest absolute Gasteiger partial charge is 0.476 e. The lowest BCUT2D eigenvalue weighted by molar-refractivity contribution is -0.384. The normalized spacial score (nSPS) is 25.3. The molecule has 1 amide bonds. The van der Waals surface area contributed by atoms with Crippen LogP contribution in [-0.4, -0.2) is 137 Å². The van der Waals surface area contributed by atoms with Crippen LogP contribution >= 0.6 is 0 Å². The Morgan fingerprint density at radius 2 is 1.78 bits per heavy atom. The van der Waals surface area contributed by atoms with Crippen molar-refractivity contribution >= 4 is 55.4 Å². The minimum absolute atomic E-state index is 0.119. The van der Waals surface area contributed by atoms with Gasteiger partial charge in [-0.15, -0.1) is 0 Å². The van der Waals surface area contributed by atoms with Crippen LogP contribution < -0.4 is 24.6 Å². The molecule has 1 unspecified atom stereocenters. The van der Waals surface area contributed by atoms with Crippen molar-refractivity contribution < 1.29 is 32.3 Å². The van der Waals surface area contributed by atoms with Gasteiger partial charge in [0.2, 0.25) is 5.88 Å². The third-order valence-corrected chi connectivity index (χ3v) is 17.2. The van der Waals surface area contributed by atoms with E-state index in [9.17, 15) is 23.3 Å². The Bertz CT molecular complexity index is 2710. The van der Waals surface area contributed by atoms with E-state index < -0.39 is 31.4 Å². The minimum Gasteiger partial charge on any atom is -0.476 e. The van der Waals surface area contributed by atoms with Crippen molar-refractivity contribution in [1.29, 1.82) is 0 Å². The molecule has 68 heavy (non-hydrogen) atoms. The quantitative estimate of drug-likeness (QED) is 0.0692. The fourth-order valence-corrected chi connectivity index (χ4v) is 12.9. The van der Waals surface area contributed by atoms with Gasteiger partial charge >= 0.3 is 0 Å². The maximum atomic E-state index is 14.4. The zero-order valence-electron chi connectivity index (χ0n) is 39.8. The van der Waals surface area contributed by atoms with E-state index in [1.807, 2.05) is 35.4 Å². The van der Waals surface area contributed by atoms with Crippen LogP contribution in [0.3, 0.4) is 0 Å². The number of allylic oxidation sites excluding steroid dienone is 1. The highest BCUT2D eigenvalue weighted by Crippen LogP contribution is 2.64. The molecule has 3 aliphatic carbocycles. The molecule has 4 aromatic rings. The summed E-state index contributed by atoms with van der Waals surface area (Å²) in [6.45, 7) is 11.6. The Labute approximate surface area is 398 Å². The van der Waals surface area contributed by atoms with Crippen molar-refractivity contribution in [3.05, 3.63) is 81.6 Å². The summed E-state index contributed by atoms with van der Waals surface area (Å²) < 4.78 is 47.4. The van der Waals surface area contributed by atoms with Crippen LogP contribution in [0.15, 0.2) is 70.8 Å². The third-order valence-electron chi connectivity index (χ3n) is 15.9. The van der Waals surface area contributed by atoms with E-state index >= 15 is 0 Å². The first-order valence-electron chi connectivity index (χ1n) is 24.3. The molecule has 17 nitrogen and oxygen atoms in total. The topological polar surface area (TPSA) is 188 Å². The smallest absolute Gasteiger partial charge is 0.293 e. The lowest BCUT2D eigenvalue weighted by Gasteiger charge is -2.43. The molecule has 2 aromatic heterocycles. The maximum absolute atomic E-state index is 14.4. The van der Waals surface area contributed by atoms with E-state index in [-0.39, 0.29) is 23.9 Å². The molecule has 2 saturated heterocycles. The Balaban J connectivity index is 0.914. The van der Waals surface area contributed by atoms with E-state index in [4.69, 9.17) is 19.2 Å². The van der Waals surface area contributed by atoms with Gasteiger partial charge in [0.15, 0.2) is 0 Å². The molecule has 3 N–H and O–H groups in total. The monoisotopic (exact) mass is 951 g/mol. The van der Waals surface area contributed by atoms with Crippen molar-refractivity contribution in [2.24, 2.45) is 10.8 Å². The van der Waals surface area contributed by atoms with Gasteiger partial charge in [0.25, 0.3) is 21.6 Å². The molecule has 3 aliphatic heterocycles. The Hall–Kier alpha value is -5.27. The number of ether oxygens (including phenoxy) is 3.